The largest absolute Gasteiger partial charge is 0.421 e. The van der Waals surface area contributed by atoms with Gasteiger partial charge in [-0.25, -0.2) is 4.39 Å². The highest BCUT2D eigenvalue weighted by Gasteiger charge is 2.23. The predicted molar refractivity (Wildman–Crippen MR) is 134 cm³/mol. The number of anilines is 2. The number of fused-ring (bicyclic) bond motifs is 1. The average Bonchev–Trinajstić information content (AvgIpc) is 3.40. The molecule has 3 aliphatic rings. The monoisotopic (exact) mass is 462 g/mol. The number of piperazine rings is 1. The molecule has 0 bridgehead atoms. The number of benzene rings is 1. The summed E-state index contributed by atoms with van der Waals surface area (Å²) >= 11 is 0. The van der Waals surface area contributed by atoms with E-state index in [0.29, 0.717) is 24.0 Å². The number of amidine groups is 1. The molecule has 8 heteroatoms. The maximum absolute atomic E-state index is 15.2. The van der Waals surface area contributed by atoms with Gasteiger partial charge in [-0.3, -0.25) is 9.89 Å². The number of ether oxygens (including phenoxy) is 1. The first kappa shape index (κ1) is 22.5. The van der Waals surface area contributed by atoms with Crippen LogP contribution in [-0.2, 0) is 6.42 Å². The van der Waals surface area contributed by atoms with E-state index in [-0.39, 0.29) is 17.6 Å². The quantitative estimate of drug-likeness (QED) is 0.697. The second-order valence-electron chi connectivity index (χ2n) is 9.55. The molecule has 1 fully saturated rings. The summed E-state index contributed by atoms with van der Waals surface area (Å²) in [6.07, 6.45) is 4.64. The number of aromatic nitrogens is 2. The highest BCUT2D eigenvalue weighted by molar-refractivity contribution is 6.05. The lowest BCUT2D eigenvalue weighted by Gasteiger charge is -2.37. The van der Waals surface area contributed by atoms with E-state index < -0.39 is 0 Å². The van der Waals surface area contributed by atoms with Gasteiger partial charge in [-0.2, -0.15) is 9.97 Å². The molecule has 2 aliphatic heterocycles. The molecule has 7 nitrogen and oxygen atoms in total. The van der Waals surface area contributed by atoms with Crippen molar-refractivity contribution in [2.45, 2.75) is 40.2 Å². The van der Waals surface area contributed by atoms with E-state index in [4.69, 9.17) is 4.74 Å². The van der Waals surface area contributed by atoms with Gasteiger partial charge in [0, 0.05) is 43.9 Å². The van der Waals surface area contributed by atoms with Crippen LogP contribution in [0.25, 0.3) is 6.08 Å². The van der Waals surface area contributed by atoms with Gasteiger partial charge < -0.3 is 15.0 Å². The molecule has 2 aromatic rings. The molecule has 1 saturated heterocycles. The van der Waals surface area contributed by atoms with Crippen LogP contribution in [0.2, 0.25) is 0 Å². The summed E-state index contributed by atoms with van der Waals surface area (Å²) in [5.41, 5.74) is 3.89. The number of hydrogen-bond donors (Lipinski definition) is 1. The molecule has 1 aromatic carbocycles. The van der Waals surface area contributed by atoms with Crippen LogP contribution in [0.4, 0.5) is 16.0 Å². The number of allylic oxidation sites excluding steroid dienone is 1. The molecule has 1 aromatic heterocycles. The van der Waals surface area contributed by atoms with Crippen molar-refractivity contribution < 1.29 is 9.13 Å². The van der Waals surface area contributed by atoms with Gasteiger partial charge >= 0.3 is 6.01 Å². The Morgan fingerprint density at radius 1 is 1.03 bits per heavy atom. The first-order chi connectivity index (χ1) is 16.4. The molecule has 0 atom stereocenters. The van der Waals surface area contributed by atoms with Gasteiger partial charge in [0.25, 0.3) is 0 Å². The molecule has 0 unspecified atom stereocenters. The molecule has 0 saturated carbocycles. The molecule has 0 amide bonds. The smallest absolute Gasteiger partial charge is 0.326 e. The van der Waals surface area contributed by atoms with E-state index in [1.807, 2.05) is 38.1 Å². The Kier molecular flexibility index (Phi) is 6.08. The lowest BCUT2D eigenvalue weighted by Crippen LogP contribution is -2.49. The van der Waals surface area contributed by atoms with Crippen molar-refractivity contribution in [1.82, 2.24) is 14.9 Å². The Hall–Kier alpha value is -3.26. The van der Waals surface area contributed by atoms with E-state index in [1.54, 1.807) is 6.07 Å². The lowest BCUT2D eigenvalue weighted by molar-refractivity contribution is 0.209. The van der Waals surface area contributed by atoms with Crippen molar-refractivity contribution in [2.75, 3.05) is 42.9 Å². The molecular formula is C26H31FN6O. The first-order valence-electron chi connectivity index (χ1n) is 11.9. The third kappa shape index (κ3) is 4.68. The fraction of sp³-hybridized carbons (Fsp3) is 0.423. The molecule has 0 spiro atoms. The second-order valence-corrected chi connectivity index (χ2v) is 9.55. The third-order valence-electron chi connectivity index (χ3n) is 6.49. The summed E-state index contributed by atoms with van der Waals surface area (Å²) in [7, 11) is 0. The number of hydrogen-bond acceptors (Lipinski definition) is 7. The molecule has 178 valence electrons. The standard InChI is InChI=1S/C26H31FN6O/c1-16(2)32-7-9-33(10-8-32)24-14-23(29-22-13-18(4)15-28-22)30-26(31-24)34-21-6-5-19-11-17(3)12-20(19)25(21)27/h5-6,12-14,16H,7-11,15H2,1-4H3,(H,28,29,30,31). The molecular weight excluding hydrogens is 431 g/mol. The van der Waals surface area contributed by atoms with Crippen LogP contribution in [0.15, 0.2) is 40.4 Å². The number of aliphatic imine (C=N–C) groups is 1. The molecule has 0 radical (unpaired) electrons. The maximum Gasteiger partial charge on any atom is 0.326 e. The maximum atomic E-state index is 15.2. The molecule has 1 N–H and O–H groups in total. The Morgan fingerprint density at radius 2 is 1.82 bits per heavy atom. The van der Waals surface area contributed by atoms with Crippen molar-refractivity contribution >= 4 is 23.5 Å². The topological polar surface area (TPSA) is 65.9 Å². The van der Waals surface area contributed by atoms with E-state index >= 15 is 4.39 Å². The first-order valence-corrected chi connectivity index (χ1v) is 11.9. The normalized spacial score (nSPS) is 18.1. The average molecular weight is 463 g/mol. The third-order valence-corrected chi connectivity index (χ3v) is 6.49. The Bertz CT molecular complexity index is 1190. The minimum atomic E-state index is -0.373. The van der Waals surface area contributed by atoms with Crippen molar-refractivity contribution in [2.24, 2.45) is 4.99 Å². The highest BCUT2D eigenvalue weighted by Crippen LogP contribution is 2.34. The van der Waals surface area contributed by atoms with E-state index in [1.165, 1.54) is 5.57 Å². The lowest BCUT2D eigenvalue weighted by atomic mass is 10.1. The van der Waals surface area contributed by atoms with Crippen LogP contribution in [0.5, 0.6) is 11.8 Å². The van der Waals surface area contributed by atoms with Crippen molar-refractivity contribution in [3.8, 4) is 11.8 Å². The second kappa shape index (κ2) is 9.18. The molecule has 5 rings (SSSR count). The van der Waals surface area contributed by atoms with Gasteiger partial charge in [-0.05, 0) is 57.4 Å². The van der Waals surface area contributed by atoms with Crippen LogP contribution < -0.4 is 15.0 Å². The van der Waals surface area contributed by atoms with Crippen LogP contribution in [0.3, 0.4) is 0 Å². The van der Waals surface area contributed by atoms with E-state index in [2.05, 4.69) is 43.9 Å². The zero-order chi connectivity index (χ0) is 23.8. The minimum absolute atomic E-state index is 0.114. The fourth-order valence-corrected chi connectivity index (χ4v) is 4.59. The van der Waals surface area contributed by atoms with Crippen molar-refractivity contribution in [1.29, 1.82) is 0 Å². The van der Waals surface area contributed by atoms with Crippen LogP contribution >= 0.6 is 0 Å². The van der Waals surface area contributed by atoms with Crippen molar-refractivity contribution in [3.63, 3.8) is 0 Å². The number of nitrogens with zero attached hydrogens (tertiary/aromatic N) is 5. The summed E-state index contributed by atoms with van der Waals surface area (Å²) in [6, 6.07) is 6.11. The number of rotatable bonds is 5. The summed E-state index contributed by atoms with van der Waals surface area (Å²) < 4.78 is 21.1. The summed E-state index contributed by atoms with van der Waals surface area (Å²) in [5.74, 6) is 1.84. The van der Waals surface area contributed by atoms with E-state index in [0.717, 1.165) is 55.4 Å². The van der Waals surface area contributed by atoms with Gasteiger partial charge in [0.2, 0.25) is 0 Å². The van der Waals surface area contributed by atoms with E-state index in [9.17, 15) is 0 Å². The van der Waals surface area contributed by atoms with Crippen LogP contribution in [0.1, 0.15) is 38.8 Å². The Balaban J connectivity index is 1.44. The summed E-state index contributed by atoms with van der Waals surface area (Å²) in [4.78, 5) is 18.3. The number of halogens is 1. The van der Waals surface area contributed by atoms with Gasteiger partial charge in [-0.1, -0.05) is 17.7 Å². The predicted octanol–water partition coefficient (Wildman–Crippen LogP) is 4.67. The van der Waals surface area contributed by atoms with Gasteiger partial charge in [-0.15, -0.1) is 0 Å². The van der Waals surface area contributed by atoms with Gasteiger partial charge in [0.05, 0.1) is 6.54 Å². The zero-order valence-electron chi connectivity index (χ0n) is 20.2. The zero-order valence-corrected chi connectivity index (χ0v) is 20.2. The summed E-state index contributed by atoms with van der Waals surface area (Å²) in [6.45, 7) is 12.8. The molecule has 3 heterocycles. The van der Waals surface area contributed by atoms with Crippen molar-refractivity contribution in [3.05, 3.63) is 52.4 Å². The molecule has 34 heavy (non-hydrogen) atoms. The SMILES string of the molecule is CC1=CC(Nc2cc(N3CCN(C(C)C)CC3)nc(Oc3ccc4c(c3F)C=C(C)C4)n2)=NC1. The fourth-order valence-electron chi connectivity index (χ4n) is 4.59. The highest BCUT2D eigenvalue weighted by atomic mass is 19.1. The van der Waals surface area contributed by atoms with Crippen LogP contribution in [0, 0.1) is 5.82 Å². The molecule has 1 aliphatic carbocycles. The Morgan fingerprint density at radius 3 is 2.53 bits per heavy atom. The van der Waals surface area contributed by atoms with Gasteiger partial charge in [0.15, 0.2) is 11.6 Å². The summed E-state index contributed by atoms with van der Waals surface area (Å²) in [5, 5.41) is 3.27. The minimum Gasteiger partial charge on any atom is -0.421 e. The number of nitrogens with one attached hydrogen (secondary N) is 1. The van der Waals surface area contributed by atoms with Crippen LogP contribution in [-0.4, -0.2) is 59.5 Å². The Labute approximate surface area is 200 Å². The van der Waals surface area contributed by atoms with Gasteiger partial charge in [0.1, 0.15) is 17.5 Å².